The number of nitrogens with zero attached hydrogens (tertiary/aromatic N) is 1. The highest BCUT2D eigenvalue weighted by molar-refractivity contribution is 7.90. The number of nitrogens with one attached hydrogen (secondary N) is 1. The van der Waals surface area contributed by atoms with Gasteiger partial charge in [-0.3, -0.25) is 0 Å². The first kappa shape index (κ1) is 18.1. The van der Waals surface area contributed by atoms with Crippen LogP contribution in [0.3, 0.4) is 0 Å². The van der Waals surface area contributed by atoms with Gasteiger partial charge in [0.05, 0.1) is 11.8 Å². The number of rotatable bonds is 8. The van der Waals surface area contributed by atoms with Gasteiger partial charge in [-0.2, -0.15) is 17.4 Å². The van der Waals surface area contributed by atoms with Crippen LogP contribution in [0.4, 0.5) is 0 Å². The van der Waals surface area contributed by atoms with Gasteiger partial charge in [0.1, 0.15) is 9.84 Å². The van der Waals surface area contributed by atoms with Crippen LogP contribution in [0.2, 0.25) is 0 Å². The van der Waals surface area contributed by atoms with Crippen LogP contribution in [-0.2, 0) is 20.0 Å². The molecule has 0 aliphatic heterocycles. The lowest BCUT2D eigenvalue weighted by atomic mass is 10.1. The van der Waals surface area contributed by atoms with Crippen LogP contribution in [0.5, 0.6) is 0 Å². The van der Waals surface area contributed by atoms with Crippen molar-refractivity contribution in [1.29, 1.82) is 0 Å². The van der Waals surface area contributed by atoms with Crippen molar-refractivity contribution < 1.29 is 16.8 Å². The van der Waals surface area contributed by atoms with Gasteiger partial charge in [0.15, 0.2) is 0 Å². The van der Waals surface area contributed by atoms with E-state index in [1.807, 2.05) is 0 Å². The summed E-state index contributed by atoms with van der Waals surface area (Å²) in [6.07, 6.45) is 1.09. The number of hydrogen-bond acceptors (Lipinski definition) is 4. The minimum Gasteiger partial charge on any atom is -0.229 e. The predicted octanol–water partition coefficient (Wildman–Crippen LogP) is 0.949. The summed E-state index contributed by atoms with van der Waals surface area (Å²) in [7, 11) is -7.05. The molecule has 120 valence electrons. The summed E-state index contributed by atoms with van der Waals surface area (Å²) in [6, 6.07) is 7.90. The maximum absolute atomic E-state index is 12.3. The van der Waals surface area contributed by atoms with Gasteiger partial charge >= 0.3 is 0 Å². The second kappa shape index (κ2) is 7.35. The van der Waals surface area contributed by atoms with Crippen molar-refractivity contribution in [3.8, 4) is 0 Å². The first-order valence-electron chi connectivity index (χ1n) is 6.69. The minimum absolute atomic E-state index is 0.280. The first-order chi connectivity index (χ1) is 9.69. The first-order valence-corrected chi connectivity index (χ1v) is 10.2. The van der Waals surface area contributed by atoms with Gasteiger partial charge in [-0.05, 0) is 5.56 Å². The van der Waals surface area contributed by atoms with Gasteiger partial charge in [-0.25, -0.2) is 8.42 Å². The van der Waals surface area contributed by atoms with E-state index in [2.05, 4.69) is 4.72 Å². The zero-order chi connectivity index (χ0) is 16.1. The summed E-state index contributed by atoms with van der Waals surface area (Å²) in [4.78, 5) is 0. The van der Waals surface area contributed by atoms with Crippen molar-refractivity contribution in [1.82, 2.24) is 9.03 Å². The molecule has 0 saturated carbocycles. The fourth-order valence-corrected chi connectivity index (χ4v) is 4.40. The van der Waals surface area contributed by atoms with E-state index in [1.54, 1.807) is 44.2 Å². The van der Waals surface area contributed by atoms with Crippen LogP contribution in [-0.4, -0.2) is 46.2 Å². The van der Waals surface area contributed by atoms with E-state index in [-0.39, 0.29) is 5.75 Å². The highest BCUT2D eigenvalue weighted by atomic mass is 32.2. The summed E-state index contributed by atoms with van der Waals surface area (Å²) in [5.74, 6) is -0.280. The van der Waals surface area contributed by atoms with Crippen molar-refractivity contribution in [3.63, 3.8) is 0 Å². The zero-order valence-electron chi connectivity index (χ0n) is 12.5. The molecule has 1 aromatic carbocycles. The zero-order valence-corrected chi connectivity index (χ0v) is 14.1. The molecule has 6 nitrogen and oxygen atoms in total. The van der Waals surface area contributed by atoms with E-state index in [1.165, 1.54) is 4.31 Å². The Labute approximate surface area is 127 Å². The molecule has 0 bridgehead atoms. The van der Waals surface area contributed by atoms with Crippen LogP contribution < -0.4 is 4.72 Å². The monoisotopic (exact) mass is 334 g/mol. The van der Waals surface area contributed by atoms with Crippen LogP contribution >= 0.6 is 0 Å². The molecule has 0 amide bonds. The number of hydrogen-bond donors (Lipinski definition) is 1. The highest BCUT2D eigenvalue weighted by Gasteiger charge is 2.26. The molecule has 0 heterocycles. The molecule has 0 aromatic heterocycles. The Morgan fingerprint density at radius 3 is 2.00 bits per heavy atom. The van der Waals surface area contributed by atoms with E-state index < -0.39 is 26.1 Å². The third-order valence-electron chi connectivity index (χ3n) is 3.01. The summed E-state index contributed by atoms with van der Waals surface area (Å²) in [5.41, 5.74) is 0.624. The van der Waals surface area contributed by atoms with Crippen molar-refractivity contribution in [3.05, 3.63) is 35.9 Å². The fourth-order valence-electron chi connectivity index (χ4n) is 2.00. The van der Waals surface area contributed by atoms with Crippen molar-refractivity contribution in [2.24, 2.45) is 0 Å². The maximum atomic E-state index is 12.3. The molecular formula is C13H22N2O4S2. The molecule has 0 fully saturated rings. The molecule has 0 spiro atoms. The van der Waals surface area contributed by atoms with Crippen LogP contribution in [0.15, 0.2) is 30.3 Å². The molecule has 1 atom stereocenters. The van der Waals surface area contributed by atoms with Gasteiger partial charge < -0.3 is 0 Å². The molecule has 21 heavy (non-hydrogen) atoms. The second-order valence-electron chi connectivity index (χ2n) is 4.76. The summed E-state index contributed by atoms with van der Waals surface area (Å²) in [5, 5.41) is 0. The average molecular weight is 334 g/mol. The smallest absolute Gasteiger partial charge is 0.229 e. The van der Waals surface area contributed by atoms with Gasteiger partial charge in [-0.15, -0.1) is 0 Å². The van der Waals surface area contributed by atoms with Gasteiger partial charge in [-0.1, -0.05) is 44.2 Å². The lowest BCUT2D eigenvalue weighted by Crippen LogP contribution is -2.43. The molecule has 1 aromatic rings. The molecule has 0 aliphatic carbocycles. The second-order valence-corrected chi connectivity index (χ2v) is 8.65. The van der Waals surface area contributed by atoms with Crippen molar-refractivity contribution >= 4 is 20.0 Å². The number of sulfone groups is 1. The summed E-state index contributed by atoms with van der Waals surface area (Å²) in [6.45, 7) is 4.12. The maximum Gasteiger partial charge on any atom is 0.280 e. The molecule has 0 radical (unpaired) electrons. The lowest BCUT2D eigenvalue weighted by Gasteiger charge is -2.24. The average Bonchev–Trinajstić information content (AvgIpc) is 2.38. The van der Waals surface area contributed by atoms with Crippen LogP contribution in [0.25, 0.3) is 0 Å². The molecule has 1 N–H and O–H groups in total. The number of benzene rings is 1. The standard InChI is InChI=1S/C13H22N2O4S2/c1-4-15(5-2)21(18,19)14-13(11-20(3,16)17)12-9-7-6-8-10-12/h6-10,13-14H,4-5,11H2,1-3H3/t13-/m1/s1. The Bertz CT molecular complexity index is 638. The predicted molar refractivity (Wildman–Crippen MR) is 83.9 cm³/mol. The Kier molecular flexibility index (Phi) is 6.33. The van der Waals surface area contributed by atoms with Gasteiger partial charge in [0.2, 0.25) is 0 Å². The van der Waals surface area contributed by atoms with E-state index in [4.69, 9.17) is 0 Å². The summed E-state index contributed by atoms with van der Waals surface area (Å²) >= 11 is 0. The Morgan fingerprint density at radius 1 is 1.05 bits per heavy atom. The van der Waals surface area contributed by atoms with Crippen molar-refractivity contribution in [2.75, 3.05) is 25.1 Å². The SMILES string of the molecule is CCN(CC)S(=O)(=O)N[C@H](CS(C)(=O)=O)c1ccccc1. The Morgan fingerprint density at radius 2 is 1.57 bits per heavy atom. The topological polar surface area (TPSA) is 83.6 Å². The molecule has 0 unspecified atom stereocenters. The quantitative estimate of drug-likeness (QED) is 0.767. The third kappa shape index (κ3) is 5.74. The normalized spacial score (nSPS) is 14.3. The largest absolute Gasteiger partial charge is 0.280 e. The Hall–Kier alpha value is -0.960. The molecule has 8 heteroatoms. The molecule has 0 saturated heterocycles. The highest BCUT2D eigenvalue weighted by Crippen LogP contribution is 2.17. The van der Waals surface area contributed by atoms with Crippen LogP contribution in [0, 0.1) is 0 Å². The van der Waals surface area contributed by atoms with E-state index >= 15 is 0 Å². The minimum atomic E-state index is -3.72. The van der Waals surface area contributed by atoms with Gasteiger partial charge in [0, 0.05) is 19.3 Å². The van der Waals surface area contributed by atoms with Gasteiger partial charge in [0.25, 0.3) is 10.2 Å². The summed E-state index contributed by atoms with van der Waals surface area (Å²) < 4.78 is 51.4. The van der Waals surface area contributed by atoms with Crippen LogP contribution in [0.1, 0.15) is 25.5 Å². The lowest BCUT2D eigenvalue weighted by molar-refractivity contribution is 0.429. The van der Waals surface area contributed by atoms with E-state index in [0.29, 0.717) is 18.7 Å². The van der Waals surface area contributed by atoms with Crippen molar-refractivity contribution in [2.45, 2.75) is 19.9 Å². The Balaban J connectivity index is 3.09. The molecular weight excluding hydrogens is 312 g/mol. The third-order valence-corrected chi connectivity index (χ3v) is 5.73. The van der Waals surface area contributed by atoms with E-state index in [0.717, 1.165) is 6.26 Å². The van der Waals surface area contributed by atoms with E-state index in [9.17, 15) is 16.8 Å². The molecule has 0 aliphatic rings. The fraction of sp³-hybridized carbons (Fsp3) is 0.538. The molecule has 1 rings (SSSR count).